The van der Waals surface area contributed by atoms with Crippen LogP contribution in [-0.2, 0) is 6.54 Å². The third-order valence-electron chi connectivity index (χ3n) is 3.08. The predicted molar refractivity (Wildman–Crippen MR) is 82.2 cm³/mol. The minimum Gasteiger partial charge on any atom is -0.508 e. The van der Waals surface area contributed by atoms with Crippen LogP contribution in [0.2, 0.25) is 0 Å². The molecule has 0 aliphatic carbocycles. The van der Waals surface area contributed by atoms with E-state index in [1.165, 1.54) is 0 Å². The Kier molecular flexibility index (Phi) is 4.35. The van der Waals surface area contributed by atoms with Crippen molar-refractivity contribution in [1.29, 1.82) is 0 Å². The summed E-state index contributed by atoms with van der Waals surface area (Å²) in [5.41, 5.74) is 8.64. The minimum absolute atomic E-state index is 0.265. The number of benzene rings is 2. The van der Waals surface area contributed by atoms with Crippen LogP contribution in [0, 0.1) is 0 Å². The van der Waals surface area contributed by atoms with Crippen LogP contribution in [0.15, 0.2) is 42.5 Å². The van der Waals surface area contributed by atoms with Crippen LogP contribution in [0.4, 0.5) is 11.4 Å². The van der Waals surface area contributed by atoms with Crippen LogP contribution < -0.4 is 15.4 Å². The number of hydrogen-bond donors (Lipinski definition) is 2. The fraction of sp³-hybridized carbons (Fsp3) is 0.250. The first-order valence-electron chi connectivity index (χ1n) is 6.61. The summed E-state index contributed by atoms with van der Waals surface area (Å²) in [4.78, 5) is 2.08. The molecule has 0 fully saturated rings. The van der Waals surface area contributed by atoms with Crippen LogP contribution in [0.3, 0.4) is 0 Å². The molecule has 106 valence electrons. The molecule has 0 aromatic heterocycles. The molecular weight excluding hydrogens is 252 g/mol. The quantitative estimate of drug-likeness (QED) is 0.821. The summed E-state index contributed by atoms with van der Waals surface area (Å²) in [7, 11) is 1.99. The van der Waals surface area contributed by atoms with Crippen LogP contribution in [0.25, 0.3) is 0 Å². The molecule has 0 unspecified atom stereocenters. The first kappa shape index (κ1) is 14.1. The molecule has 0 atom stereocenters. The monoisotopic (exact) mass is 272 g/mol. The third-order valence-corrected chi connectivity index (χ3v) is 3.08. The van der Waals surface area contributed by atoms with Crippen molar-refractivity contribution in [3.8, 4) is 11.5 Å². The highest BCUT2D eigenvalue weighted by molar-refractivity contribution is 5.52. The van der Waals surface area contributed by atoms with Gasteiger partial charge in [-0.25, -0.2) is 0 Å². The molecule has 0 saturated heterocycles. The number of anilines is 2. The van der Waals surface area contributed by atoms with Crippen molar-refractivity contribution in [2.75, 3.05) is 24.3 Å². The zero-order chi connectivity index (χ0) is 14.5. The maximum Gasteiger partial charge on any atom is 0.124 e. The molecule has 0 spiro atoms. The summed E-state index contributed by atoms with van der Waals surface area (Å²) >= 11 is 0. The van der Waals surface area contributed by atoms with Gasteiger partial charge >= 0.3 is 0 Å². The van der Waals surface area contributed by atoms with Gasteiger partial charge in [-0.15, -0.1) is 0 Å². The maximum absolute atomic E-state index is 9.32. The fourth-order valence-corrected chi connectivity index (χ4v) is 2.07. The number of ether oxygens (including phenoxy) is 1. The van der Waals surface area contributed by atoms with Crippen LogP contribution in [0.1, 0.15) is 12.5 Å². The predicted octanol–water partition coefficient (Wildman–Crippen LogP) is 3.01. The van der Waals surface area contributed by atoms with E-state index in [-0.39, 0.29) is 5.75 Å². The molecule has 3 N–H and O–H groups in total. The summed E-state index contributed by atoms with van der Waals surface area (Å²) in [5, 5.41) is 9.32. The van der Waals surface area contributed by atoms with Gasteiger partial charge in [0.25, 0.3) is 0 Å². The second-order valence-electron chi connectivity index (χ2n) is 4.67. The van der Waals surface area contributed by atoms with Gasteiger partial charge in [-0.05, 0) is 49.4 Å². The largest absolute Gasteiger partial charge is 0.508 e. The number of hydrogen-bond acceptors (Lipinski definition) is 4. The molecule has 0 heterocycles. The van der Waals surface area contributed by atoms with Crippen molar-refractivity contribution >= 4 is 11.4 Å². The van der Waals surface area contributed by atoms with Gasteiger partial charge in [-0.2, -0.15) is 0 Å². The number of nitrogen functional groups attached to an aromatic ring is 1. The lowest BCUT2D eigenvalue weighted by Gasteiger charge is -2.21. The summed E-state index contributed by atoms with van der Waals surface area (Å²) in [5.74, 6) is 1.12. The Hall–Kier alpha value is -2.36. The van der Waals surface area contributed by atoms with Crippen LogP contribution in [0.5, 0.6) is 11.5 Å². The van der Waals surface area contributed by atoms with Gasteiger partial charge in [0.2, 0.25) is 0 Å². The lowest BCUT2D eigenvalue weighted by Crippen LogP contribution is -2.17. The Morgan fingerprint density at radius 2 is 1.85 bits per heavy atom. The molecule has 20 heavy (non-hydrogen) atoms. The van der Waals surface area contributed by atoms with E-state index in [1.807, 2.05) is 44.3 Å². The average molecular weight is 272 g/mol. The summed E-state index contributed by atoms with van der Waals surface area (Å²) < 4.78 is 5.63. The molecular formula is C16H20N2O2. The van der Waals surface area contributed by atoms with Gasteiger partial charge in [0, 0.05) is 30.5 Å². The van der Waals surface area contributed by atoms with Crippen molar-refractivity contribution in [2.45, 2.75) is 13.5 Å². The Bertz CT molecular complexity index is 567. The smallest absolute Gasteiger partial charge is 0.124 e. The molecule has 0 bridgehead atoms. The van der Waals surface area contributed by atoms with E-state index in [0.717, 1.165) is 22.7 Å². The second kappa shape index (κ2) is 6.19. The molecule has 2 aromatic rings. The van der Waals surface area contributed by atoms with E-state index in [0.29, 0.717) is 13.2 Å². The highest BCUT2D eigenvalue weighted by Crippen LogP contribution is 2.25. The molecule has 0 amide bonds. The fourth-order valence-electron chi connectivity index (χ4n) is 2.07. The van der Waals surface area contributed by atoms with Crippen LogP contribution in [-0.4, -0.2) is 18.8 Å². The number of nitrogens with two attached hydrogens (primary N) is 1. The summed E-state index contributed by atoms with van der Waals surface area (Å²) in [6, 6.07) is 12.8. The standard InChI is InChI=1S/C16H20N2O2/c1-3-20-16-9-4-13(17)10-12(16)11-18(2)14-5-7-15(19)8-6-14/h4-10,19H,3,11,17H2,1-2H3. The van der Waals surface area contributed by atoms with Crippen molar-refractivity contribution < 1.29 is 9.84 Å². The molecule has 2 rings (SSSR count). The van der Waals surface area contributed by atoms with E-state index in [4.69, 9.17) is 10.5 Å². The zero-order valence-electron chi connectivity index (χ0n) is 11.8. The van der Waals surface area contributed by atoms with E-state index < -0.39 is 0 Å². The topological polar surface area (TPSA) is 58.7 Å². The molecule has 2 aromatic carbocycles. The Morgan fingerprint density at radius 3 is 2.50 bits per heavy atom. The van der Waals surface area contributed by atoms with Crippen molar-refractivity contribution in [3.05, 3.63) is 48.0 Å². The number of rotatable bonds is 5. The Balaban J connectivity index is 2.20. The first-order chi connectivity index (χ1) is 9.60. The molecule has 0 aliphatic rings. The van der Waals surface area contributed by atoms with Crippen molar-refractivity contribution in [2.24, 2.45) is 0 Å². The van der Waals surface area contributed by atoms with Gasteiger partial charge in [-0.1, -0.05) is 0 Å². The van der Waals surface area contributed by atoms with E-state index in [2.05, 4.69) is 4.90 Å². The zero-order valence-corrected chi connectivity index (χ0v) is 11.8. The Labute approximate surface area is 119 Å². The van der Waals surface area contributed by atoms with E-state index >= 15 is 0 Å². The Morgan fingerprint density at radius 1 is 1.15 bits per heavy atom. The van der Waals surface area contributed by atoms with Gasteiger partial charge in [0.1, 0.15) is 11.5 Å². The number of phenolic OH excluding ortho intramolecular Hbond substituents is 1. The lowest BCUT2D eigenvalue weighted by atomic mass is 10.1. The maximum atomic E-state index is 9.32. The highest BCUT2D eigenvalue weighted by atomic mass is 16.5. The summed E-state index contributed by atoms with van der Waals surface area (Å²) in [6.07, 6.45) is 0. The normalized spacial score (nSPS) is 10.3. The SMILES string of the molecule is CCOc1ccc(N)cc1CN(C)c1ccc(O)cc1. The second-order valence-corrected chi connectivity index (χ2v) is 4.67. The summed E-state index contributed by atoms with van der Waals surface area (Å²) in [6.45, 7) is 3.27. The van der Waals surface area contributed by atoms with Crippen LogP contribution >= 0.6 is 0 Å². The van der Waals surface area contributed by atoms with Gasteiger partial charge in [0.05, 0.1) is 6.61 Å². The third kappa shape index (κ3) is 3.35. The minimum atomic E-state index is 0.265. The lowest BCUT2D eigenvalue weighted by molar-refractivity contribution is 0.336. The van der Waals surface area contributed by atoms with Crippen molar-refractivity contribution in [1.82, 2.24) is 0 Å². The molecule has 0 saturated carbocycles. The molecule has 4 heteroatoms. The van der Waals surface area contributed by atoms with Gasteiger partial charge in [0.15, 0.2) is 0 Å². The number of aromatic hydroxyl groups is 1. The molecule has 0 radical (unpaired) electrons. The first-order valence-corrected chi connectivity index (χ1v) is 6.61. The number of nitrogens with zero attached hydrogens (tertiary/aromatic N) is 1. The highest BCUT2D eigenvalue weighted by Gasteiger charge is 2.08. The van der Waals surface area contributed by atoms with E-state index in [1.54, 1.807) is 12.1 Å². The van der Waals surface area contributed by atoms with Gasteiger partial charge in [-0.3, -0.25) is 0 Å². The van der Waals surface area contributed by atoms with E-state index in [9.17, 15) is 5.11 Å². The molecule has 4 nitrogen and oxygen atoms in total. The van der Waals surface area contributed by atoms with Crippen molar-refractivity contribution in [3.63, 3.8) is 0 Å². The van der Waals surface area contributed by atoms with Gasteiger partial charge < -0.3 is 20.5 Å². The molecule has 0 aliphatic heterocycles. The number of phenols is 1. The average Bonchev–Trinajstić information content (AvgIpc) is 2.42.